The Labute approximate surface area is 166 Å². The fourth-order valence-electron chi connectivity index (χ4n) is 3.24. The monoisotopic (exact) mass is 387 g/mol. The molecule has 0 radical (unpaired) electrons. The molecule has 3 rings (SSSR count). The van der Waals surface area contributed by atoms with E-state index in [9.17, 15) is 4.39 Å². The van der Waals surface area contributed by atoms with Crippen molar-refractivity contribution in [1.82, 2.24) is 15.6 Å². The van der Waals surface area contributed by atoms with Gasteiger partial charge < -0.3 is 20.0 Å². The van der Waals surface area contributed by atoms with Gasteiger partial charge in [-0.3, -0.25) is 4.99 Å². The van der Waals surface area contributed by atoms with Gasteiger partial charge in [0.1, 0.15) is 11.6 Å². The summed E-state index contributed by atoms with van der Waals surface area (Å²) in [5.74, 6) is 2.06. The predicted octanol–water partition coefficient (Wildman–Crippen LogP) is 3.45. The van der Waals surface area contributed by atoms with Gasteiger partial charge in [-0.05, 0) is 31.0 Å². The summed E-state index contributed by atoms with van der Waals surface area (Å²) in [6.07, 6.45) is 3.71. The van der Waals surface area contributed by atoms with Gasteiger partial charge in [-0.2, -0.15) is 0 Å². The zero-order valence-corrected chi connectivity index (χ0v) is 17.1. The Morgan fingerprint density at radius 1 is 1.32 bits per heavy atom. The molecular weight excluding hydrogens is 357 g/mol. The minimum absolute atomic E-state index is 0.0547. The van der Waals surface area contributed by atoms with E-state index in [-0.39, 0.29) is 11.2 Å². The third-order valence-corrected chi connectivity index (χ3v) is 4.93. The first kappa shape index (κ1) is 20.2. The average Bonchev–Trinajstić information content (AvgIpc) is 3.15. The number of hydrogen-bond acceptors (Lipinski definition) is 4. The second-order valence-electron chi connectivity index (χ2n) is 8.18. The number of rotatable bonds is 4. The predicted molar refractivity (Wildman–Crippen MR) is 110 cm³/mol. The van der Waals surface area contributed by atoms with Gasteiger partial charge in [0.25, 0.3) is 0 Å². The summed E-state index contributed by atoms with van der Waals surface area (Å²) in [5.41, 5.74) is 0.889. The van der Waals surface area contributed by atoms with Crippen LogP contribution >= 0.6 is 0 Å². The van der Waals surface area contributed by atoms with Crippen molar-refractivity contribution in [2.75, 3.05) is 25.0 Å². The van der Waals surface area contributed by atoms with E-state index in [2.05, 4.69) is 46.3 Å². The molecule has 2 heterocycles. The minimum atomic E-state index is -0.191. The molecule has 6 nitrogen and oxygen atoms in total. The lowest BCUT2D eigenvalue weighted by molar-refractivity contribution is 0.379. The standard InChI is InChI=1S/C21H30FN5O/c1-21(2,3)18-13-24-19(28-18)14-25-20(23-4)26-16-8-10-27(11-9-16)17-7-5-6-15(22)12-17/h5-7,12-13,16H,8-11,14H2,1-4H3,(H2,23,25,26). The van der Waals surface area contributed by atoms with Crippen molar-refractivity contribution in [3.63, 3.8) is 0 Å². The van der Waals surface area contributed by atoms with E-state index in [0.717, 1.165) is 43.3 Å². The second-order valence-corrected chi connectivity index (χ2v) is 8.18. The molecule has 1 saturated heterocycles. The Morgan fingerprint density at radius 2 is 2.07 bits per heavy atom. The number of anilines is 1. The highest BCUT2D eigenvalue weighted by Gasteiger charge is 2.21. The maximum Gasteiger partial charge on any atom is 0.213 e. The molecule has 0 saturated carbocycles. The Morgan fingerprint density at radius 3 is 2.68 bits per heavy atom. The Hall–Kier alpha value is -2.57. The van der Waals surface area contributed by atoms with Gasteiger partial charge in [-0.25, -0.2) is 9.37 Å². The van der Waals surface area contributed by atoms with Crippen molar-refractivity contribution in [1.29, 1.82) is 0 Å². The smallest absolute Gasteiger partial charge is 0.213 e. The number of guanidine groups is 1. The third-order valence-electron chi connectivity index (χ3n) is 4.93. The van der Waals surface area contributed by atoms with Crippen LogP contribution in [0.1, 0.15) is 45.3 Å². The van der Waals surface area contributed by atoms with E-state index in [4.69, 9.17) is 4.42 Å². The van der Waals surface area contributed by atoms with Gasteiger partial charge in [0, 0.05) is 37.3 Å². The molecule has 7 heteroatoms. The summed E-state index contributed by atoms with van der Waals surface area (Å²) < 4.78 is 19.2. The Bertz CT molecular complexity index is 803. The zero-order valence-electron chi connectivity index (χ0n) is 17.1. The number of oxazole rings is 1. The molecule has 2 N–H and O–H groups in total. The lowest BCUT2D eigenvalue weighted by Crippen LogP contribution is -2.48. The Kier molecular flexibility index (Phi) is 6.21. The quantitative estimate of drug-likeness (QED) is 0.621. The number of piperidine rings is 1. The van der Waals surface area contributed by atoms with Crippen LogP contribution in [-0.2, 0) is 12.0 Å². The molecule has 0 unspecified atom stereocenters. The van der Waals surface area contributed by atoms with Crippen LogP contribution in [0.15, 0.2) is 39.9 Å². The highest BCUT2D eigenvalue weighted by Crippen LogP contribution is 2.23. The summed E-state index contributed by atoms with van der Waals surface area (Å²) in [4.78, 5) is 10.9. The molecule has 0 spiro atoms. The van der Waals surface area contributed by atoms with Gasteiger partial charge >= 0.3 is 0 Å². The van der Waals surface area contributed by atoms with Crippen molar-refractivity contribution >= 4 is 11.6 Å². The van der Waals surface area contributed by atoms with Crippen LogP contribution in [0.5, 0.6) is 0 Å². The number of halogens is 1. The highest BCUT2D eigenvalue weighted by atomic mass is 19.1. The van der Waals surface area contributed by atoms with E-state index in [1.54, 1.807) is 25.4 Å². The van der Waals surface area contributed by atoms with Crippen molar-refractivity contribution < 1.29 is 8.81 Å². The first-order chi connectivity index (χ1) is 13.3. The van der Waals surface area contributed by atoms with Crippen LogP contribution in [0, 0.1) is 5.82 Å². The fourth-order valence-corrected chi connectivity index (χ4v) is 3.24. The average molecular weight is 388 g/mol. The minimum Gasteiger partial charge on any atom is -0.443 e. The van der Waals surface area contributed by atoms with Crippen molar-refractivity contribution in [2.24, 2.45) is 4.99 Å². The van der Waals surface area contributed by atoms with E-state index in [1.807, 2.05) is 6.07 Å². The zero-order chi connectivity index (χ0) is 20.1. The summed E-state index contributed by atoms with van der Waals surface area (Å²) >= 11 is 0. The summed E-state index contributed by atoms with van der Waals surface area (Å²) in [6, 6.07) is 7.11. The molecule has 0 atom stereocenters. The molecular formula is C21H30FN5O. The highest BCUT2D eigenvalue weighted by molar-refractivity contribution is 5.79. The van der Waals surface area contributed by atoms with Crippen LogP contribution in [0.4, 0.5) is 10.1 Å². The molecule has 0 aliphatic carbocycles. The molecule has 28 heavy (non-hydrogen) atoms. The van der Waals surface area contributed by atoms with Crippen LogP contribution in [0.2, 0.25) is 0 Å². The molecule has 1 aliphatic rings. The number of hydrogen-bond donors (Lipinski definition) is 2. The van der Waals surface area contributed by atoms with E-state index < -0.39 is 0 Å². The lowest BCUT2D eigenvalue weighted by Gasteiger charge is -2.34. The topological polar surface area (TPSA) is 65.7 Å². The van der Waals surface area contributed by atoms with Crippen LogP contribution in [0.3, 0.4) is 0 Å². The third kappa shape index (κ3) is 5.24. The number of benzene rings is 1. The number of nitrogens with one attached hydrogen (secondary N) is 2. The number of aliphatic imine (C=N–C) groups is 1. The molecule has 152 valence electrons. The maximum absolute atomic E-state index is 13.4. The first-order valence-corrected chi connectivity index (χ1v) is 9.78. The fraction of sp³-hybridized carbons (Fsp3) is 0.524. The van der Waals surface area contributed by atoms with Crippen molar-refractivity contribution in [3.05, 3.63) is 47.9 Å². The van der Waals surface area contributed by atoms with Crippen LogP contribution in [0.25, 0.3) is 0 Å². The van der Waals surface area contributed by atoms with Gasteiger partial charge in [-0.1, -0.05) is 26.8 Å². The molecule has 1 fully saturated rings. The second kappa shape index (κ2) is 8.63. The normalized spacial score (nSPS) is 16.3. The molecule has 1 aromatic heterocycles. The number of aromatic nitrogens is 1. The van der Waals surface area contributed by atoms with Gasteiger partial charge in [0.15, 0.2) is 5.96 Å². The first-order valence-electron chi connectivity index (χ1n) is 9.78. The number of nitrogens with zero attached hydrogens (tertiary/aromatic N) is 3. The van der Waals surface area contributed by atoms with E-state index in [1.165, 1.54) is 6.07 Å². The molecule has 1 aliphatic heterocycles. The summed E-state index contributed by atoms with van der Waals surface area (Å²) in [7, 11) is 1.76. The van der Waals surface area contributed by atoms with E-state index in [0.29, 0.717) is 18.5 Å². The lowest BCUT2D eigenvalue weighted by atomic mass is 9.94. The summed E-state index contributed by atoms with van der Waals surface area (Å²) in [5, 5.41) is 6.73. The largest absolute Gasteiger partial charge is 0.443 e. The van der Waals surface area contributed by atoms with Crippen molar-refractivity contribution in [3.8, 4) is 0 Å². The Balaban J connectivity index is 1.47. The van der Waals surface area contributed by atoms with Crippen LogP contribution in [-0.4, -0.2) is 37.1 Å². The van der Waals surface area contributed by atoms with Crippen LogP contribution < -0.4 is 15.5 Å². The molecule has 1 aromatic carbocycles. The van der Waals surface area contributed by atoms with Gasteiger partial charge in [0.05, 0.1) is 12.7 Å². The SMILES string of the molecule is CN=C(NCc1ncc(C(C)(C)C)o1)NC1CCN(c2cccc(F)c2)CC1. The molecule has 0 bridgehead atoms. The van der Waals surface area contributed by atoms with Crippen molar-refractivity contribution in [2.45, 2.75) is 51.6 Å². The molecule has 2 aromatic rings. The van der Waals surface area contributed by atoms with Gasteiger partial charge in [-0.15, -0.1) is 0 Å². The van der Waals surface area contributed by atoms with E-state index >= 15 is 0 Å². The van der Waals surface area contributed by atoms with Gasteiger partial charge in [0.2, 0.25) is 5.89 Å². The summed E-state index contributed by atoms with van der Waals surface area (Å²) in [6.45, 7) is 8.54. The molecule has 0 amide bonds. The maximum atomic E-state index is 13.4.